The zero-order valence-electron chi connectivity index (χ0n) is 10.6. The van der Waals surface area contributed by atoms with Crippen molar-refractivity contribution in [3.63, 3.8) is 0 Å². The van der Waals surface area contributed by atoms with E-state index < -0.39 is 0 Å². The minimum absolute atomic E-state index is 0.406. The summed E-state index contributed by atoms with van der Waals surface area (Å²) in [5.41, 5.74) is 2.24. The van der Waals surface area contributed by atoms with Crippen molar-refractivity contribution in [3.05, 3.63) is 39.2 Å². The van der Waals surface area contributed by atoms with Crippen LogP contribution in [0.4, 0.5) is 0 Å². The van der Waals surface area contributed by atoms with Gasteiger partial charge >= 0.3 is 0 Å². The number of nitrogens with zero attached hydrogens (tertiary/aromatic N) is 1. The fourth-order valence-electron chi connectivity index (χ4n) is 2.17. The molecular formula is C14H15ClN2S2. The van der Waals surface area contributed by atoms with Gasteiger partial charge in [-0.1, -0.05) is 23.7 Å². The molecule has 0 spiro atoms. The summed E-state index contributed by atoms with van der Waals surface area (Å²) in [5, 5.41) is 5.51. The summed E-state index contributed by atoms with van der Waals surface area (Å²) >= 11 is 9.73. The summed E-state index contributed by atoms with van der Waals surface area (Å²) in [7, 11) is 0. The molecule has 1 aromatic carbocycles. The number of rotatable bonds is 2. The van der Waals surface area contributed by atoms with Crippen LogP contribution in [0.5, 0.6) is 0 Å². The highest BCUT2D eigenvalue weighted by Gasteiger charge is 2.20. The number of aryl methyl sites for hydroxylation is 1. The van der Waals surface area contributed by atoms with Crippen LogP contribution in [-0.2, 0) is 0 Å². The van der Waals surface area contributed by atoms with E-state index in [2.05, 4.69) is 12.2 Å². The largest absolute Gasteiger partial charge is 0.306 e. The van der Waals surface area contributed by atoms with Crippen LogP contribution in [0.2, 0.25) is 5.02 Å². The third-order valence-corrected chi connectivity index (χ3v) is 5.55. The minimum Gasteiger partial charge on any atom is -0.306 e. The van der Waals surface area contributed by atoms with Gasteiger partial charge in [0, 0.05) is 33.5 Å². The molecule has 2 nitrogen and oxygen atoms in total. The first-order valence-electron chi connectivity index (χ1n) is 6.28. The van der Waals surface area contributed by atoms with E-state index in [0.717, 1.165) is 28.6 Å². The molecule has 1 aliphatic heterocycles. The van der Waals surface area contributed by atoms with Crippen molar-refractivity contribution in [2.45, 2.75) is 13.0 Å². The van der Waals surface area contributed by atoms with Crippen LogP contribution in [0, 0.1) is 6.92 Å². The Morgan fingerprint density at radius 2 is 2.11 bits per heavy atom. The van der Waals surface area contributed by atoms with Crippen LogP contribution in [0.15, 0.2) is 24.3 Å². The number of halogens is 1. The predicted octanol–water partition coefficient (Wildman–Crippen LogP) is 4.15. The highest BCUT2D eigenvalue weighted by Crippen LogP contribution is 2.33. The van der Waals surface area contributed by atoms with Crippen molar-refractivity contribution in [3.8, 4) is 11.3 Å². The maximum Gasteiger partial charge on any atom is 0.111 e. The predicted molar refractivity (Wildman–Crippen MR) is 85.4 cm³/mol. The maximum absolute atomic E-state index is 5.94. The Morgan fingerprint density at radius 1 is 1.32 bits per heavy atom. The number of aromatic nitrogens is 1. The molecule has 100 valence electrons. The van der Waals surface area contributed by atoms with Crippen LogP contribution >= 0.6 is 34.7 Å². The molecule has 1 saturated heterocycles. The Bertz CT molecular complexity index is 559. The average Bonchev–Trinajstić information content (AvgIpc) is 2.83. The van der Waals surface area contributed by atoms with Crippen molar-refractivity contribution in [2.24, 2.45) is 0 Å². The first-order valence-corrected chi connectivity index (χ1v) is 8.63. The lowest BCUT2D eigenvalue weighted by atomic mass is 10.1. The molecule has 0 saturated carbocycles. The normalized spacial score (nSPS) is 19.6. The molecule has 2 aromatic rings. The Hall–Kier alpha value is -0.550. The summed E-state index contributed by atoms with van der Waals surface area (Å²) in [6, 6.07) is 8.33. The molecule has 1 atom stereocenters. The Labute approximate surface area is 126 Å². The number of nitrogens with one attached hydrogen (secondary N) is 1. The fourth-order valence-corrected chi connectivity index (χ4v) is 4.36. The van der Waals surface area contributed by atoms with Gasteiger partial charge in [0.15, 0.2) is 0 Å². The topological polar surface area (TPSA) is 24.9 Å². The molecule has 0 amide bonds. The summed E-state index contributed by atoms with van der Waals surface area (Å²) in [4.78, 5) is 6.11. The fraction of sp³-hybridized carbons (Fsp3) is 0.357. The molecule has 2 heterocycles. The zero-order valence-corrected chi connectivity index (χ0v) is 13.0. The summed E-state index contributed by atoms with van der Waals surface area (Å²) in [6.07, 6.45) is 0. The van der Waals surface area contributed by atoms with Crippen molar-refractivity contribution in [2.75, 3.05) is 18.1 Å². The SMILES string of the molecule is Cc1sc(C2CSCCN2)nc1-c1ccc(Cl)cc1. The lowest BCUT2D eigenvalue weighted by Crippen LogP contribution is -2.30. The molecule has 1 N–H and O–H groups in total. The van der Waals surface area contributed by atoms with Gasteiger partial charge in [0.1, 0.15) is 5.01 Å². The molecule has 0 aliphatic carbocycles. The second-order valence-electron chi connectivity index (χ2n) is 4.55. The molecule has 0 bridgehead atoms. The summed E-state index contributed by atoms with van der Waals surface area (Å²) in [6.45, 7) is 3.21. The van der Waals surface area contributed by atoms with Crippen molar-refractivity contribution in [1.82, 2.24) is 10.3 Å². The van der Waals surface area contributed by atoms with E-state index in [4.69, 9.17) is 16.6 Å². The third kappa shape index (κ3) is 2.97. The monoisotopic (exact) mass is 310 g/mol. The standard InChI is InChI=1S/C14H15ClN2S2/c1-9-13(10-2-4-11(15)5-3-10)17-14(19-9)12-8-18-7-6-16-12/h2-5,12,16H,6-8H2,1H3. The quantitative estimate of drug-likeness (QED) is 0.902. The van der Waals surface area contributed by atoms with Crippen LogP contribution in [-0.4, -0.2) is 23.0 Å². The van der Waals surface area contributed by atoms with Crippen molar-refractivity contribution < 1.29 is 0 Å². The summed E-state index contributed by atoms with van der Waals surface area (Å²) < 4.78 is 0. The number of thioether (sulfide) groups is 1. The van der Waals surface area contributed by atoms with Gasteiger partial charge in [-0.3, -0.25) is 0 Å². The van der Waals surface area contributed by atoms with E-state index in [-0.39, 0.29) is 0 Å². The van der Waals surface area contributed by atoms with Crippen LogP contribution in [0.3, 0.4) is 0 Å². The Morgan fingerprint density at radius 3 is 2.79 bits per heavy atom. The number of thiazole rings is 1. The van der Waals surface area contributed by atoms with Crippen LogP contribution in [0.1, 0.15) is 15.9 Å². The van der Waals surface area contributed by atoms with Gasteiger partial charge < -0.3 is 5.32 Å². The molecule has 1 aromatic heterocycles. The van der Waals surface area contributed by atoms with Gasteiger partial charge in [-0.05, 0) is 19.1 Å². The number of hydrogen-bond acceptors (Lipinski definition) is 4. The molecule has 1 unspecified atom stereocenters. The lowest BCUT2D eigenvalue weighted by molar-refractivity contribution is 0.592. The second-order valence-corrected chi connectivity index (χ2v) is 7.37. The van der Waals surface area contributed by atoms with Gasteiger partial charge in [-0.25, -0.2) is 4.98 Å². The number of hydrogen-bond donors (Lipinski definition) is 1. The highest BCUT2D eigenvalue weighted by molar-refractivity contribution is 7.99. The molecule has 1 fully saturated rings. The van der Waals surface area contributed by atoms with E-state index in [1.54, 1.807) is 11.3 Å². The minimum atomic E-state index is 0.406. The van der Waals surface area contributed by atoms with Gasteiger partial charge in [0.05, 0.1) is 11.7 Å². The zero-order chi connectivity index (χ0) is 13.2. The van der Waals surface area contributed by atoms with E-state index >= 15 is 0 Å². The first-order chi connectivity index (χ1) is 9.24. The molecule has 19 heavy (non-hydrogen) atoms. The van der Waals surface area contributed by atoms with Gasteiger partial charge in [0.25, 0.3) is 0 Å². The molecule has 1 aliphatic rings. The second kappa shape index (κ2) is 5.83. The van der Waals surface area contributed by atoms with E-state index in [0.29, 0.717) is 6.04 Å². The molecule has 0 radical (unpaired) electrons. The van der Waals surface area contributed by atoms with Crippen molar-refractivity contribution in [1.29, 1.82) is 0 Å². The molecule has 3 rings (SSSR count). The smallest absolute Gasteiger partial charge is 0.111 e. The maximum atomic E-state index is 5.94. The van der Waals surface area contributed by atoms with Crippen LogP contribution < -0.4 is 5.32 Å². The van der Waals surface area contributed by atoms with Crippen molar-refractivity contribution >= 4 is 34.7 Å². The third-order valence-electron chi connectivity index (χ3n) is 3.15. The summed E-state index contributed by atoms with van der Waals surface area (Å²) in [5.74, 6) is 2.32. The average molecular weight is 311 g/mol. The Kier molecular flexibility index (Phi) is 4.12. The van der Waals surface area contributed by atoms with Gasteiger partial charge in [0.2, 0.25) is 0 Å². The highest BCUT2D eigenvalue weighted by atomic mass is 35.5. The molecular weight excluding hydrogens is 296 g/mol. The van der Waals surface area contributed by atoms with Gasteiger partial charge in [-0.15, -0.1) is 11.3 Å². The van der Waals surface area contributed by atoms with E-state index in [1.165, 1.54) is 15.6 Å². The first kappa shape index (κ1) is 13.4. The lowest BCUT2D eigenvalue weighted by Gasteiger charge is -2.20. The van der Waals surface area contributed by atoms with E-state index in [9.17, 15) is 0 Å². The molecule has 5 heteroatoms. The van der Waals surface area contributed by atoms with E-state index in [1.807, 2.05) is 36.0 Å². The van der Waals surface area contributed by atoms with Crippen LogP contribution in [0.25, 0.3) is 11.3 Å². The van der Waals surface area contributed by atoms with Gasteiger partial charge in [-0.2, -0.15) is 11.8 Å². The number of benzene rings is 1. The Balaban J connectivity index is 1.90.